The number of benzene rings is 1. The maximum Gasteiger partial charge on any atom is 0.132 e. The van der Waals surface area contributed by atoms with Crippen LogP contribution in [0.25, 0.3) is 10.9 Å². The number of H-pyrrole nitrogens is 1. The third kappa shape index (κ3) is 3.14. The summed E-state index contributed by atoms with van der Waals surface area (Å²) < 4.78 is 0. The van der Waals surface area contributed by atoms with Gasteiger partial charge in [-0.15, -0.1) is 0 Å². The van der Waals surface area contributed by atoms with Crippen LogP contribution in [0.5, 0.6) is 0 Å². The predicted molar refractivity (Wildman–Crippen MR) is 83.4 cm³/mol. The summed E-state index contributed by atoms with van der Waals surface area (Å²) in [5.74, 6) is 0. The normalized spacial score (nSPS) is 17.9. The Balaban J connectivity index is 1.53. The van der Waals surface area contributed by atoms with Crippen molar-refractivity contribution < 1.29 is 0 Å². The van der Waals surface area contributed by atoms with Crippen molar-refractivity contribution in [2.24, 2.45) is 0 Å². The van der Waals surface area contributed by atoms with E-state index in [-0.39, 0.29) is 0 Å². The molecule has 20 heavy (non-hydrogen) atoms. The zero-order chi connectivity index (χ0) is 13.9. The molecule has 2 heterocycles. The average molecular weight is 293 g/mol. The molecule has 0 aliphatic carbocycles. The molecule has 1 aromatic heterocycles. The van der Waals surface area contributed by atoms with Gasteiger partial charge in [-0.1, -0.05) is 17.7 Å². The molecule has 4 nitrogen and oxygen atoms in total. The molecule has 0 atom stereocenters. The van der Waals surface area contributed by atoms with Crippen molar-refractivity contribution in [3.05, 3.63) is 28.9 Å². The molecule has 1 fully saturated rings. The van der Waals surface area contributed by atoms with Gasteiger partial charge >= 0.3 is 0 Å². The summed E-state index contributed by atoms with van der Waals surface area (Å²) in [7, 11) is 2.20. The van der Waals surface area contributed by atoms with E-state index in [1.807, 2.05) is 6.07 Å². The fourth-order valence-corrected chi connectivity index (χ4v) is 2.95. The molecule has 0 radical (unpaired) electrons. The topological polar surface area (TPSA) is 35.2 Å². The molecule has 1 aromatic carbocycles. The van der Waals surface area contributed by atoms with Gasteiger partial charge in [0.25, 0.3) is 0 Å². The minimum absolute atomic E-state index is 0.640. The number of aromatic amines is 1. The number of hydrogen-bond acceptors (Lipinski definition) is 3. The van der Waals surface area contributed by atoms with Crippen LogP contribution < -0.4 is 0 Å². The number of hydrogen-bond donors (Lipinski definition) is 1. The summed E-state index contributed by atoms with van der Waals surface area (Å²) in [5.41, 5.74) is 2.28. The minimum Gasteiger partial charge on any atom is -0.304 e. The molecule has 1 N–H and O–H groups in total. The highest BCUT2D eigenvalue weighted by Gasteiger charge is 2.13. The highest BCUT2D eigenvalue weighted by molar-refractivity contribution is 6.34. The minimum atomic E-state index is 0.640. The van der Waals surface area contributed by atoms with Gasteiger partial charge in [0.15, 0.2) is 0 Å². The second kappa shape index (κ2) is 6.12. The lowest BCUT2D eigenvalue weighted by atomic mass is 10.1. The first kappa shape index (κ1) is 13.9. The van der Waals surface area contributed by atoms with Crippen LogP contribution in [0.15, 0.2) is 18.2 Å². The molecule has 5 heteroatoms. The van der Waals surface area contributed by atoms with Gasteiger partial charge in [-0.25, -0.2) is 0 Å². The Morgan fingerprint density at radius 2 is 2.05 bits per heavy atom. The van der Waals surface area contributed by atoms with Crippen LogP contribution in [0.1, 0.15) is 12.0 Å². The third-order valence-corrected chi connectivity index (χ3v) is 4.40. The highest BCUT2D eigenvalue weighted by Crippen LogP contribution is 2.22. The van der Waals surface area contributed by atoms with Gasteiger partial charge in [0.1, 0.15) is 5.15 Å². The van der Waals surface area contributed by atoms with Gasteiger partial charge in [0.05, 0.1) is 5.52 Å². The lowest BCUT2D eigenvalue weighted by molar-refractivity contribution is 0.153. The van der Waals surface area contributed by atoms with Crippen molar-refractivity contribution in [1.82, 2.24) is 20.0 Å². The Labute approximate surface area is 124 Å². The summed E-state index contributed by atoms with van der Waals surface area (Å²) in [4.78, 5) is 4.95. The Morgan fingerprint density at radius 1 is 1.25 bits per heavy atom. The van der Waals surface area contributed by atoms with Crippen LogP contribution in [0.2, 0.25) is 5.15 Å². The molecule has 1 aliphatic rings. The van der Waals surface area contributed by atoms with E-state index < -0.39 is 0 Å². The van der Waals surface area contributed by atoms with E-state index in [1.165, 1.54) is 44.7 Å². The van der Waals surface area contributed by atoms with Crippen molar-refractivity contribution in [2.45, 2.75) is 12.8 Å². The van der Waals surface area contributed by atoms with Crippen LogP contribution in [0.3, 0.4) is 0 Å². The summed E-state index contributed by atoms with van der Waals surface area (Å²) in [6.07, 6.45) is 2.30. The van der Waals surface area contributed by atoms with Crippen LogP contribution in [-0.4, -0.2) is 59.8 Å². The van der Waals surface area contributed by atoms with Gasteiger partial charge in [0, 0.05) is 31.6 Å². The van der Waals surface area contributed by atoms with Crippen LogP contribution >= 0.6 is 11.6 Å². The molecule has 0 amide bonds. The summed E-state index contributed by atoms with van der Waals surface area (Å²) in [5, 5.41) is 8.64. The smallest absolute Gasteiger partial charge is 0.132 e. The number of rotatable bonds is 4. The Hall–Kier alpha value is -1.10. The monoisotopic (exact) mass is 292 g/mol. The molecule has 1 saturated heterocycles. The predicted octanol–water partition coefficient (Wildman–Crippen LogP) is 2.40. The maximum atomic E-state index is 6.08. The number of likely N-dealkylation sites (N-methyl/N-ethyl adjacent to an activating group) is 1. The van der Waals surface area contributed by atoms with E-state index >= 15 is 0 Å². The Bertz CT molecular complexity index is 572. The molecule has 2 aromatic rings. The highest BCUT2D eigenvalue weighted by atomic mass is 35.5. The largest absolute Gasteiger partial charge is 0.304 e. The first-order valence-corrected chi connectivity index (χ1v) is 7.63. The van der Waals surface area contributed by atoms with Gasteiger partial charge in [0.2, 0.25) is 0 Å². The zero-order valence-corrected chi connectivity index (χ0v) is 12.7. The first-order valence-electron chi connectivity index (χ1n) is 7.26. The SMILES string of the molecule is CN1CCN(CCCc2ccc3n[nH]c(Cl)c3c2)CC1. The molecular weight excluding hydrogens is 272 g/mol. The van der Waals surface area contributed by atoms with Crippen molar-refractivity contribution >= 4 is 22.5 Å². The fraction of sp³-hybridized carbons (Fsp3) is 0.533. The molecule has 1 aliphatic heterocycles. The lowest BCUT2D eigenvalue weighted by Crippen LogP contribution is -2.44. The van der Waals surface area contributed by atoms with E-state index in [4.69, 9.17) is 11.6 Å². The summed E-state index contributed by atoms with van der Waals surface area (Å²) in [6.45, 7) is 5.96. The molecule has 0 unspecified atom stereocenters. The number of halogens is 1. The quantitative estimate of drug-likeness (QED) is 0.940. The van der Waals surface area contributed by atoms with E-state index in [9.17, 15) is 0 Å². The van der Waals surface area contributed by atoms with Crippen LogP contribution in [0.4, 0.5) is 0 Å². The van der Waals surface area contributed by atoms with Gasteiger partial charge in [-0.3, -0.25) is 5.10 Å². The molecule has 0 bridgehead atoms. The number of aryl methyl sites for hydroxylation is 1. The van der Waals surface area contributed by atoms with Crippen molar-refractivity contribution in [1.29, 1.82) is 0 Å². The molecular formula is C15H21ClN4. The van der Waals surface area contributed by atoms with Gasteiger partial charge in [-0.2, -0.15) is 5.10 Å². The molecule has 108 valence electrons. The second-order valence-electron chi connectivity index (χ2n) is 5.64. The van der Waals surface area contributed by atoms with E-state index in [0.29, 0.717) is 5.15 Å². The second-order valence-corrected chi connectivity index (χ2v) is 6.02. The van der Waals surface area contributed by atoms with Crippen molar-refractivity contribution in [3.8, 4) is 0 Å². The number of nitrogens with zero attached hydrogens (tertiary/aromatic N) is 3. The zero-order valence-electron chi connectivity index (χ0n) is 11.9. The fourth-order valence-electron chi connectivity index (χ4n) is 2.76. The van der Waals surface area contributed by atoms with Gasteiger partial charge < -0.3 is 9.80 Å². The lowest BCUT2D eigenvalue weighted by Gasteiger charge is -2.32. The van der Waals surface area contributed by atoms with Crippen LogP contribution in [0, 0.1) is 0 Å². The summed E-state index contributed by atoms with van der Waals surface area (Å²) >= 11 is 6.08. The van der Waals surface area contributed by atoms with Crippen LogP contribution in [-0.2, 0) is 6.42 Å². The Kier molecular flexibility index (Phi) is 4.24. The molecule has 0 spiro atoms. The maximum absolute atomic E-state index is 6.08. The summed E-state index contributed by atoms with van der Waals surface area (Å²) in [6, 6.07) is 6.36. The van der Waals surface area contributed by atoms with Gasteiger partial charge in [-0.05, 0) is 44.1 Å². The number of piperazine rings is 1. The standard InChI is InChI=1S/C15H21ClN4/c1-19-7-9-20(10-8-19)6-2-3-12-4-5-14-13(11-12)15(16)18-17-14/h4-5,11H,2-3,6-10H2,1H3,(H,17,18). The number of aromatic nitrogens is 2. The average Bonchev–Trinajstić information content (AvgIpc) is 2.83. The Morgan fingerprint density at radius 3 is 2.85 bits per heavy atom. The first-order chi connectivity index (χ1) is 9.72. The van der Waals surface area contributed by atoms with E-state index in [2.05, 4.69) is 39.2 Å². The van der Waals surface area contributed by atoms with E-state index in [1.54, 1.807) is 0 Å². The third-order valence-electron chi connectivity index (χ3n) is 4.11. The molecule has 3 rings (SSSR count). The van der Waals surface area contributed by atoms with E-state index in [0.717, 1.165) is 17.3 Å². The van der Waals surface area contributed by atoms with Crippen molar-refractivity contribution in [2.75, 3.05) is 39.8 Å². The number of fused-ring (bicyclic) bond motifs is 1. The van der Waals surface area contributed by atoms with Crippen molar-refractivity contribution in [3.63, 3.8) is 0 Å². The molecule has 0 saturated carbocycles. The number of nitrogens with one attached hydrogen (secondary N) is 1.